The van der Waals surface area contributed by atoms with E-state index >= 15 is 0 Å². The Kier molecular flexibility index (Phi) is 2.89. The fourth-order valence-electron chi connectivity index (χ4n) is 1.70. The van der Waals surface area contributed by atoms with Gasteiger partial charge in [-0.15, -0.1) is 0 Å². The fraction of sp³-hybridized carbons (Fsp3) is 0.500. The summed E-state index contributed by atoms with van der Waals surface area (Å²) in [6, 6.07) is 0.0134. The third kappa shape index (κ3) is 2.21. The van der Waals surface area contributed by atoms with Crippen LogP contribution < -0.4 is 10.6 Å². The van der Waals surface area contributed by atoms with E-state index in [1.807, 2.05) is 0 Å². The van der Waals surface area contributed by atoms with E-state index in [1.54, 1.807) is 6.92 Å². The molecule has 1 atom stereocenters. The predicted octanol–water partition coefficient (Wildman–Crippen LogP) is -0.273. The van der Waals surface area contributed by atoms with Crippen LogP contribution in [-0.2, 0) is 4.79 Å². The van der Waals surface area contributed by atoms with Crippen LogP contribution in [0.4, 0.5) is 0 Å². The van der Waals surface area contributed by atoms with E-state index in [1.165, 1.54) is 6.20 Å². The van der Waals surface area contributed by atoms with Crippen LogP contribution in [0, 0.1) is 6.92 Å². The first-order valence-corrected chi connectivity index (χ1v) is 5.24. The number of aromatic amines is 1. The van der Waals surface area contributed by atoms with Gasteiger partial charge in [-0.2, -0.15) is 5.10 Å². The van der Waals surface area contributed by atoms with E-state index < -0.39 is 0 Å². The maximum Gasteiger partial charge on any atom is 0.255 e. The van der Waals surface area contributed by atoms with Gasteiger partial charge in [0.15, 0.2) is 0 Å². The topological polar surface area (TPSA) is 86.9 Å². The van der Waals surface area contributed by atoms with Crippen molar-refractivity contribution in [2.75, 3.05) is 6.54 Å². The molecule has 0 radical (unpaired) electrons. The first-order valence-electron chi connectivity index (χ1n) is 5.24. The van der Waals surface area contributed by atoms with E-state index in [0.29, 0.717) is 24.9 Å². The molecule has 2 rings (SSSR count). The molecule has 3 N–H and O–H groups in total. The lowest BCUT2D eigenvalue weighted by Crippen LogP contribution is -2.47. The summed E-state index contributed by atoms with van der Waals surface area (Å²) in [7, 11) is 0. The van der Waals surface area contributed by atoms with Crippen molar-refractivity contribution in [1.29, 1.82) is 0 Å². The molecule has 1 unspecified atom stereocenters. The molecule has 0 aromatic carbocycles. The third-order valence-electron chi connectivity index (χ3n) is 2.68. The number of nitrogens with one attached hydrogen (secondary N) is 3. The number of hydrogen-bond acceptors (Lipinski definition) is 3. The van der Waals surface area contributed by atoms with Crippen LogP contribution in [0.3, 0.4) is 0 Å². The summed E-state index contributed by atoms with van der Waals surface area (Å²) >= 11 is 0. The van der Waals surface area contributed by atoms with Gasteiger partial charge in [0.1, 0.15) is 0 Å². The maximum atomic E-state index is 11.8. The second-order valence-corrected chi connectivity index (χ2v) is 3.92. The summed E-state index contributed by atoms with van der Waals surface area (Å²) in [5, 5.41) is 12.1. The number of rotatable bonds is 2. The van der Waals surface area contributed by atoms with Crippen LogP contribution in [0.5, 0.6) is 0 Å². The van der Waals surface area contributed by atoms with Crippen molar-refractivity contribution < 1.29 is 9.59 Å². The number of H-pyrrole nitrogens is 1. The first-order chi connectivity index (χ1) is 7.66. The Morgan fingerprint density at radius 1 is 1.62 bits per heavy atom. The number of carbonyl (C=O) groups excluding carboxylic acids is 2. The van der Waals surface area contributed by atoms with Crippen LogP contribution in [0.1, 0.15) is 28.9 Å². The number of nitrogens with zero attached hydrogens (tertiary/aromatic N) is 1. The molecule has 0 spiro atoms. The van der Waals surface area contributed by atoms with E-state index in [4.69, 9.17) is 0 Å². The molecule has 6 nitrogen and oxygen atoms in total. The highest BCUT2D eigenvalue weighted by Gasteiger charge is 2.21. The lowest BCUT2D eigenvalue weighted by molar-refractivity contribution is -0.122. The monoisotopic (exact) mass is 222 g/mol. The molecule has 2 heterocycles. The van der Waals surface area contributed by atoms with Gasteiger partial charge in [0.05, 0.1) is 11.8 Å². The summed E-state index contributed by atoms with van der Waals surface area (Å²) in [5.41, 5.74) is 1.30. The summed E-state index contributed by atoms with van der Waals surface area (Å²) in [6.45, 7) is 2.30. The molecule has 2 amide bonds. The van der Waals surface area contributed by atoms with Crippen molar-refractivity contribution in [3.05, 3.63) is 17.5 Å². The van der Waals surface area contributed by atoms with Crippen molar-refractivity contribution in [2.24, 2.45) is 0 Å². The molecule has 1 aromatic rings. The molecule has 1 aliphatic heterocycles. The SMILES string of the molecule is Cc1[nH]ncc1C(=O)NC1CCC(=O)NC1. The van der Waals surface area contributed by atoms with E-state index in [0.717, 1.165) is 5.69 Å². The van der Waals surface area contributed by atoms with Gasteiger partial charge in [-0.05, 0) is 13.3 Å². The zero-order chi connectivity index (χ0) is 11.5. The van der Waals surface area contributed by atoms with Gasteiger partial charge >= 0.3 is 0 Å². The molecule has 1 fully saturated rings. The van der Waals surface area contributed by atoms with Crippen molar-refractivity contribution in [2.45, 2.75) is 25.8 Å². The minimum Gasteiger partial charge on any atom is -0.354 e. The second-order valence-electron chi connectivity index (χ2n) is 3.92. The fourth-order valence-corrected chi connectivity index (χ4v) is 1.70. The van der Waals surface area contributed by atoms with Crippen LogP contribution in [0.15, 0.2) is 6.20 Å². The molecule has 86 valence electrons. The molecule has 1 saturated heterocycles. The maximum absolute atomic E-state index is 11.8. The highest BCUT2D eigenvalue weighted by molar-refractivity contribution is 5.95. The predicted molar refractivity (Wildman–Crippen MR) is 56.8 cm³/mol. The highest BCUT2D eigenvalue weighted by Crippen LogP contribution is 2.06. The Labute approximate surface area is 92.8 Å². The zero-order valence-electron chi connectivity index (χ0n) is 9.04. The van der Waals surface area contributed by atoms with Crippen LogP contribution in [0.2, 0.25) is 0 Å². The summed E-state index contributed by atoms with van der Waals surface area (Å²) in [4.78, 5) is 22.7. The van der Waals surface area contributed by atoms with Gasteiger partial charge < -0.3 is 10.6 Å². The number of aromatic nitrogens is 2. The van der Waals surface area contributed by atoms with Crippen LogP contribution >= 0.6 is 0 Å². The zero-order valence-corrected chi connectivity index (χ0v) is 9.04. The number of aryl methyl sites for hydroxylation is 1. The number of amides is 2. The number of piperidine rings is 1. The standard InChI is InChI=1S/C10H14N4O2/c1-6-8(5-12-14-6)10(16)13-7-2-3-9(15)11-4-7/h5,7H,2-4H2,1H3,(H,11,15)(H,12,14)(H,13,16). The molecule has 1 aromatic heterocycles. The third-order valence-corrected chi connectivity index (χ3v) is 2.68. The Bertz CT molecular complexity index is 403. The number of hydrogen-bond donors (Lipinski definition) is 3. The average Bonchev–Trinajstić information content (AvgIpc) is 2.68. The number of carbonyl (C=O) groups is 2. The van der Waals surface area contributed by atoms with E-state index in [2.05, 4.69) is 20.8 Å². The van der Waals surface area contributed by atoms with E-state index in [9.17, 15) is 9.59 Å². The Hall–Kier alpha value is -1.85. The smallest absolute Gasteiger partial charge is 0.255 e. The van der Waals surface area contributed by atoms with Crippen molar-refractivity contribution >= 4 is 11.8 Å². The van der Waals surface area contributed by atoms with Crippen molar-refractivity contribution in [3.8, 4) is 0 Å². The largest absolute Gasteiger partial charge is 0.354 e. The lowest BCUT2D eigenvalue weighted by atomic mass is 10.1. The minimum atomic E-state index is -0.146. The molecule has 0 aliphatic carbocycles. The summed E-state index contributed by atoms with van der Waals surface area (Å²) < 4.78 is 0. The molecule has 1 aliphatic rings. The summed E-state index contributed by atoms with van der Waals surface area (Å²) in [6.07, 6.45) is 2.66. The van der Waals surface area contributed by atoms with Crippen molar-refractivity contribution in [3.63, 3.8) is 0 Å². The van der Waals surface area contributed by atoms with E-state index in [-0.39, 0.29) is 17.9 Å². The van der Waals surface area contributed by atoms with Crippen LogP contribution in [0.25, 0.3) is 0 Å². The van der Waals surface area contributed by atoms with Gasteiger partial charge in [0.2, 0.25) is 5.91 Å². The average molecular weight is 222 g/mol. The van der Waals surface area contributed by atoms with Crippen LogP contribution in [-0.4, -0.2) is 34.6 Å². The summed E-state index contributed by atoms with van der Waals surface area (Å²) in [5.74, 6) is -0.0996. The Balaban J connectivity index is 1.93. The van der Waals surface area contributed by atoms with Gasteiger partial charge in [-0.25, -0.2) is 0 Å². The Morgan fingerprint density at radius 3 is 3.00 bits per heavy atom. The minimum absolute atomic E-state index is 0.0134. The molecular weight excluding hydrogens is 208 g/mol. The first kappa shape index (κ1) is 10.7. The lowest BCUT2D eigenvalue weighted by Gasteiger charge is -2.23. The molecule has 0 bridgehead atoms. The quantitative estimate of drug-likeness (QED) is 0.643. The molecule has 6 heteroatoms. The Morgan fingerprint density at radius 2 is 2.44 bits per heavy atom. The molecular formula is C10H14N4O2. The van der Waals surface area contributed by atoms with Crippen molar-refractivity contribution in [1.82, 2.24) is 20.8 Å². The molecule has 16 heavy (non-hydrogen) atoms. The van der Waals surface area contributed by atoms with Gasteiger partial charge in [0.25, 0.3) is 5.91 Å². The molecule has 0 saturated carbocycles. The normalized spacial score (nSPS) is 20.3. The van der Waals surface area contributed by atoms with Gasteiger partial charge in [-0.1, -0.05) is 0 Å². The second kappa shape index (κ2) is 4.34. The highest BCUT2D eigenvalue weighted by atomic mass is 16.2. The van der Waals surface area contributed by atoms with Gasteiger partial charge in [0, 0.05) is 24.7 Å². The van der Waals surface area contributed by atoms with Gasteiger partial charge in [-0.3, -0.25) is 14.7 Å².